The second kappa shape index (κ2) is 13.3. The molecule has 0 spiro atoms. The third-order valence-electron chi connectivity index (χ3n) is 9.77. The van der Waals surface area contributed by atoms with Crippen LogP contribution in [0.5, 0.6) is 0 Å². The van der Waals surface area contributed by atoms with Crippen LogP contribution in [0.3, 0.4) is 0 Å². The van der Waals surface area contributed by atoms with Crippen molar-refractivity contribution < 1.29 is 39.6 Å². The van der Waals surface area contributed by atoms with Gasteiger partial charge in [0, 0.05) is 35.5 Å². The average Bonchev–Trinajstić information content (AvgIpc) is 3.63. The van der Waals surface area contributed by atoms with Crippen molar-refractivity contribution in [3.05, 3.63) is 108 Å². The molecule has 0 saturated heterocycles. The number of fused-ring (bicyclic) bond motifs is 5. The van der Waals surface area contributed by atoms with Gasteiger partial charge in [0.25, 0.3) is 17.9 Å². The first-order valence-corrected chi connectivity index (χ1v) is 19.8. The fraction of sp³-hybridized carbons (Fsp3) is 0.286. The Morgan fingerprint density at radius 2 is 1.80 bits per heavy atom. The summed E-state index contributed by atoms with van der Waals surface area (Å²) in [5.74, 6) is -8.91. The van der Waals surface area contributed by atoms with E-state index in [1.165, 1.54) is 36.0 Å². The Labute approximate surface area is 325 Å². The SMILES string of the molecule is Cn1nc(NS(C)(=O)=O)c2c(Cl)ccc(-n3c([C@H](Cc4cc(F)cc(F)c4)NC(=O)Cn4nc(C(F)F)c5c4C(F)(F)[C@H]4C[C@@H]54)nc4cc(Br)ccc4c3=O)c21. The molecule has 292 valence electrons. The van der Waals surface area contributed by atoms with Gasteiger partial charge >= 0.3 is 0 Å². The number of rotatable bonds is 10. The van der Waals surface area contributed by atoms with E-state index in [0.717, 1.165) is 23.0 Å². The van der Waals surface area contributed by atoms with E-state index < -0.39 is 87.7 Å². The number of carbonyl (C=O) groups excluding carboxylic acids is 1. The smallest absolute Gasteiger partial charge is 0.293 e. The molecule has 1 amide bonds. The maximum Gasteiger partial charge on any atom is 0.293 e. The zero-order valence-electron chi connectivity index (χ0n) is 28.8. The summed E-state index contributed by atoms with van der Waals surface area (Å²) >= 11 is 9.91. The molecule has 1 fully saturated rings. The van der Waals surface area contributed by atoms with Crippen LogP contribution >= 0.6 is 27.5 Å². The molecular formula is C35H26BrClF6N8O4S. The van der Waals surface area contributed by atoms with E-state index >= 15 is 8.78 Å². The Bertz CT molecular complexity index is 2810. The summed E-state index contributed by atoms with van der Waals surface area (Å²) in [7, 11) is -2.43. The van der Waals surface area contributed by atoms with Crippen molar-refractivity contribution >= 4 is 71.1 Å². The Morgan fingerprint density at radius 3 is 2.48 bits per heavy atom. The lowest BCUT2D eigenvalue weighted by molar-refractivity contribution is -0.123. The zero-order valence-corrected chi connectivity index (χ0v) is 32.0. The number of alkyl halides is 4. The van der Waals surface area contributed by atoms with Gasteiger partial charge in [-0.1, -0.05) is 27.5 Å². The van der Waals surface area contributed by atoms with Crippen LogP contribution in [0.15, 0.2) is 57.8 Å². The molecule has 0 radical (unpaired) electrons. The molecule has 21 heteroatoms. The highest BCUT2D eigenvalue weighted by Crippen LogP contribution is 2.68. The number of nitrogens with zero attached hydrogens (tertiary/aromatic N) is 6. The number of hydrogen-bond acceptors (Lipinski definition) is 7. The summed E-state index contributed by atoms with van der Waals surface area (Å²) < 4.78 is 118. The first-order valence-electron chi connectivity index (χ1n) is 16.7. The maximum atomic E-state index is 15.4. The van der Waals surface area contributed by atoms with Crippen molar-refractivity contribution in [2.24, 2.45) is 13.0 Å². The quantitative estimate of drug-likeness (QED) is 0.144. The molecule has 3 aromatic heterocycles. The van der Waals surface area contributed by atoms with Gasteiger partial charge in [0.15, 0.2) is 5.82 Å². The van der Waals surface area contributed by atoms with Crippen LogP contribution in [0.25, 0.3) is 27.5 Å². The van der Waals surface area contributed by atoms with E-state index in [9.17, 15) is 35.6 Å². The molecule has 0 bridgehead atoms. The van der Waals surface area contributed by atoms with Gasteiger partial charge in [-0.15, -0.1) is 0 Å². The summed E-state index contributed by atoms with van der Waals surface area (Å²) in [6.07, 6.45) is -2.72. The first kappa shape index (κ1) is 37.9. The van der Waals surface area contributed by atoms with Crippen LogP contribution in [-0.2, 0) is 40.8 Å². The van der Waals surface area contributed by atoms with Gasteiger partial charge in [-0.25, -0.2) is 31.0 Å². The Kier molecular flexibility index (Phi) is 9.03. The van der Waals surface area contributed by atoms with Crippen LogP contribution in [0, 0.1) is 17.6 Å². The molecule has 2 aliphatic rings. The van der Waals surface area contributed by atoms with Crippen LogP contribution in [0.4, 0.5) is 32.2 Å². The molecule has 1 saturated carbocycles. The molecule has 3 heterocycles. The van der Waals surface area contributed by atoms with Crippen molar-refractivity contribution in [2.75, 3.05) is 11.0 Å². The summed E-state index contributed by atoms with van der Waals surface area (Å²) in [6, 6.07) is 8.46. The molecule has 0 unspecified atom stereocenters. The summed E-state index contributed by atoms with van der Waals surface area (Å²) in [5.41, 5.74) is -2.36. The second-order valence-corrected chi connectivity index (χ2v) is 16.8. The van der Waals surface area contributed by atoms with Gasteiger partial charge in [-0.05, 0) is 60.4 Å². The molecule has 3 aromatic carbocycles. The van der Waals surface area contributed by atoms with Crippen molar-refractivity contribution in [3.63, 3.8) is 0 Å². The number of halogens is 8. The van der Waals surface area contributed by atoms with E-state index in [4.69, 9.17) is 16.6 Å². The van der Waals surface area contributed by atoms with Crippen molar-refractivity contribution in [1.82, 2.24) is 34.4 Å². The minimum Gasteiger partial charge on any atom is -0.344 e. The number of carbonyl (C=O) groups is 1. The average molecular weight is 884 g/mol. The van der Waals surface area contributed by atoms with Gasteiger partial charge in [0.1, 0.15) is 35.4 Å². The Morgan fingerprint density at radius 1 is 1.09 bits per heavy atom. The summed E-state index contributed by atoms with van der Waals surface area (Å²) in [5, 5.41) is 10.8. The summed E-state index contributed by atoms with van der Waals surface area (Å²) in [4.78, 5) is 33.3. The van der Waals surface area contributed by atoms with E-state index in [1.807, 2.05) is 0 Å². The first-order chi connectivity index (χ1) is 26.3. The molecule has 8 rings (SSSR count). The minimum atomic E-state index is -3.88. The van der Waals surface area contributed by atoms with Crippen molar-refractivity contribution in [2.45, 2.75) is 43.7 Å². The molecule has 3 atom stereocenters. The predicted octanol–water partition coefficient (Wildman–Crippen LogP) is 6.78. The molecule has 2 aliphatic carbocycles. The number of aromatic nitrogens is 6. The number of benzene rings is 3. The monoisotopic (exact) mass is 882 g/mol. The van der Waals surface area contributed by atoms with E-state index in [1.54, 1.807) is 6.07 Å². The number of anilines is 1. The minimum absolute atomic E-state index is 0.00555. The molecular weight excluding hydrogens is 858 g/mol. The number of aryl methyl sites for hydroxylation is 1. The van der Waals surface area contributed by atoms with Gasteiger partial charge in [-0.3, -0.25) is 28.2 Å². The molecule has 6 aromatic rings. The molecule has 2 N–H and O–H groups in total. The highest BCUT2D eigenvalue weighted by Gasteiger charge is 2.67. The lowest BCUT2D eigenvalue weighted by atomic mass is 10.0. The predicted molar refractivity (Wildman–Crippen MR) is 196 cm³/mol. The third kappa shape index (κ3) is 6.49. The Balaban J connectivity index is 1.32. The molecule has 12 nitrogen and oxygen atoms in total. The van der Waals surface area contributed by atoms with Gasteiger partial charge in [-0.2, -0.15) is 19.0 Å². The highest BCUT2D eigenvalue weighted by molar-refractivity contribution is 9.10. The van der Waals surface area contributed by atoms with E-state index in [0.29, 0.717) is 15.2 Å². The van der Waals surface area contributed by atoms with Gasteiger partial charge < -0.3 is 5.32 Å². The van der Waals surface area contributed by atoms with Crippen molar-refractivity contribution in [1.29, 1.82) is 0 Å². The van der Waals surface area contributed by atoms with E-state index in [-0.39, 0.29) is 61.7 Å². The van der Waals surface area contributed by atoms with Gasteiger partial charge in [0.2, 0.25) is 15.9 Å². The topological polar surface area (TPSA) is 146 Å². The van der Waals surface area contributed by atoms with E-state index in [2.05, 4.69) is 36.2 Å². The highest BCUT2D eigenvalue weighted by atomic mass is 79.9. The number of nitrogens with one attached hydrogen (secondary N) is 2. The fourth-order valence-electron chi connectivity index (χ4n) is 7.55. The zero-order chi connectivity index (χ0) is 40.2. The van der Waals surface area contributed by atoms with Crippen LogP contribution in [0.2, 0.25) is 5.02 Å². The largest absolute Gasteiger partial charge is 0.344 e. The third-order valence-corrected chi connectivity index (χ3v) is 11.1. The van der Waals surface area contributed by atoms with Crippen LogP contribution in [0.1, 0.15) is 53.1 Å². The number of sulfonamides is 1. The van der Waals surface area contributed by atoms with Gasteiger partial charge in [0.05, 0.1) is 44.8 Å². The maximum absolute atomic E-state index is 15.4. The van der Waals surface area contributed by atoms with Crippen LogP contribution < -0.4 is 15.6 Å². The van der Waals surface area contributed by atoms with Crippen LogP contribution in [-0.4, -0.2) is 49.7 Å². The standard InChI is InChI=1S/C35H26BrClF6N8O4S/c1-49-29-24(6-5-21(37)27(29)32(47-49)48-56(2,54)55)51-33(45-22-10-15(36)3-4-18(22)34(51)53)23(9-14-7-16(38)11-17(39)8-14)44-25(52)13-50-30-26(28(46-50)31(40)41)19-12-20(19)35(30,42)43/h3-8,10-11,19-20,23,31H,9,12-13H2,1-2H3,(H,44,52)(H,47,48)/t19-,20+,23+/m1/s1. The molecule has 0 aliphatic heterocycles. The number of amides is 1. The van der Waals surface area contributed by atoms with Crippen molar-refractivity contribution in [3.8, 4) is 5.69 Å². The Hall–Kier alpha value is -4.95. The lowest BCUT2D eigenvalue weighted by Gasteiger charge is -2.24. The second-order valence-electron chi connectivity index (χ2n) is 13.7. The lowest BCUT2D eigenvalue weighted by Crippen LogP contribution is -2.38. The fourth-order valence-corrected chi connectivity index (χ4v) is 8.64. The normalized spacial score (nSPS) is 17.7. The number of hydrogen-bond donors (Lipinski definition) is 2. The summed E-state index contributed by atoms with van der Waals surface area (Å²) in [6.45, 7) is -0.963. The molecule has 56 heavy (non-hydrogen) atoms.